The lowest BCUT2D eigenvalue weighted by Crippen LogP contribution is -2.33. The van der Waals surface area contributed by atoms with E-state index in [4.69, 9.17) is 5.26 Å². The van der Waals surface area contributed by atoms with Crippen molar-refractivity contribution >= 4 is 11.0 Å². The van der Waals surface area contributed by atoms with E-state index < -0.39 is 0 Å². The molecule has 0 amide bonds. The van der Waals surface area contributed by atoms with Crippen molar-refractivity contribution in [2.45, 2.75) is 25.3 Å². The van der Waals surface area contributed by atoms with E-state index in [9.17, 15) is 0 Å². The Hall–Kier alpha value is -2.87. The standard InChI is InChI=1S/C17H15N5/c1-17(22-9-18)6-4-11-2-3-12(8-14(11)17)15-13-5-7-19-16(13)21-10-20-15/h2-3,5,7-8,10,22H,4,6H2,1H3,(H,19,20,21)/t17-/m0/s1. The van der Waals surface area contributed by atoms with E-state index in [0.717, 1.165) is 35.1 Å². The quantitative estimate of drug-likeness (QED) is 0.562. The molecular formula is C17H15N5. The van der Waals surface area contributed by atoms with Crippen LogP contribution in [0.15, 0.2) is 36.8 Å². The first-order valence-electron chi connectivity index (χ1n) is 7.29. The lowest BCUT2D eigenvalue weighted by Gasteiger charge is -2.24. The Balaban J connectivity index is 1.89. The Morgan fingerprint density at radius 1 is 1.32 bits per heavy atom. The molecule has 4 rings (SSSR count). The van der Waals surface area contributed by atoms with Gasteiger partial charge in [0.25, 0.3) is 0 Å². The molecule has 0 fully saturated rings. The van der Waals surface area contributed by atoms with Crippen LogP contribution in [-0.4, -0.2) is 15.0 Å². The number of H-pyrrole nitrogens is 1. The molecule has 2 heterocycles. The second-order valence-electron chi connectivity index (χ2n) is 5.90. The zero-order valence-electron chi connectivity index (χ0n) is 12.2. The number of aromatic amines is 1. The molecule has 1 aliphatic rings. The van der Waals surface area contributed by atoms with Crippen LogP contribution in [-0.2, 0) is 12.0 Å². The van der Waals surface area contributed by atoms with Gasteiger partial charge in [-0.1, -0.05) is 12.1 Å². The topological polar surface area (TPSA) is 77.4 Å². The fourth-order valence-corrected chi connectivity index (χ4v) is 3.33. The Bertz CT molecular complexity index is 905. The van der Waals surface area contributed by atoms with Crippen LogP contribution in [0.25, 0.3) is 22.3 Å². The van der Waals surface area contributed by atoms with E-state index >= 15 is 0 Å². The van der Waals surface area contributed by atoms with Crippen molar-refractivity contribution in [3.63, 3.8) is 0 Å². The van der Waals surface area contributed by atoms with Crippen LogP contribution in [0.4, 0.5) is 0 Å². The van der Waals surface area contributed by atoms with Gasteiger partial charge in [0, 0.05) is 17.1 Å². The number of rotatable bonds is 2. The molecule has 5 nitrogen and oxygen atoms in total. The molecule has 0 aliphatic heterocycles. The van der Waals surface area contributed by atoms with Crippen LogP contribution in [0.2, 0.25) is 0 Å². The van der Waals surface area contributed by atoms with Gasteiger partial charge >= 0.3 is 0 Å². The van der Waals surface area contributed by atoms with E-state index in [1.807, 2.05) is 12.3 Å². The number of benzene rings is 1. The number of hydrogen-bond acceptors (Lipinski definition) is 4. The molecule has 0 unspecified atom stereocenters. The zero-order chi connectivity index (χ0) is 15.2. The first kappa shape index (κ1) is 12.8. The number of aromatic nitrogens is 3. The molecule has 2 N–H and O–H groups in total. The highest BCUT2D eigenvalue weighted by Gasteiger charge is 2.34. The first-order chi connectivity index (χ1) is 10.7. The number of aryl methyl sites for hydroxylation is 1. The number of fused-ring (bicyclic) bond motifs is 2. The number of nitrogens with zero attached hydrogens (tertiary/aromatic N) is 3. The van der Waals surface area contributed by atoms with Crippen molar-refractivity contribution in [3.05, 3.63) is 47.9 Å². The minimum Gasteiger partial charge on any atom is -0.346 e. The summed E-state index contributed by atoms with van der Waals surface area (Å²) in [7, 11) is 0. The van der Waals surface area contributed by atoms with Crippen molar-refractivity contribution in [2.75, 3.05) is 0 Å². The van der Waals surface area contributed by atoms with Gasteiger partial charge in [0.1, 0.15) is 12.0 Å². The second kappa shape index (κ2) is 4.57. The summed E-state index contributed by atoms with van der Waals surface area (Å²) >= 11 is 0. The van der Waals surface area contributed by atoms with Gasteiger partial charge in [0.15, 0.2) is 6.19 Å². The van der Waals surface area contributed by atoms with Gasteiger partial charge in [0.2, 0.25) is 0 Å². The molecule has 0 bridgehead atoms. The van der Waals surface area contributed by atoms with Gasteiger partial charge in [-0.25, -0.2) is 9.97 Å². The van der Waals surface area contributed by atoms with Gasteiger partial charge < -0.3 is 10.3 Å². The maximum absolute atomic E-state index is 9.03. The molecule has 1 aromatic carbocycles. The summed E-state index contributed by atoms with van der Waals surface area (Å²) in [6.45, 7) is 2.08. The highest BCUT2D eigenvalue weighted by molar-refractivity contribution is 5.90. The SMILES string of the molecule is C[C@]1(NC#N)CCc2ccc(-c3ncnc4[nH]ccc34)cc21. The highest BCUT2D eigenvalue weighted by Crippen LogP contribution is 2.39. The Kier molecular flexibility index (Phi) is 2.67. The van der Waals surface area contributed by atoms with E-state index in [1.165, 1.54) is 11.1 Å². The molecule has 0 saturated carbocycles. The monoisotopic (exact) mass is 289 g/mol. The van der Waals surface area contributed by atoms with Crippen molar-refractivity contribution in [3.8, 4) is 17.5 Å². The van der Waals surface area contributed by atoms with Crippen molar-refractivity contribution < 1.29 is 0 Å². The van der Waals surface area contributed by atoms with Gasteiger partial charge in [0.05, 0.1) is 11.2 Å². The summed E-state index contributed by atoms with van der Waals surface area (Å²) in [4.78, 5) is 11.8. The van der Waals surface area contributed by atoms with Crippen LogP contribution in [0, 0.1) is 11.5 Å². The predicted octanol–water partition coefficient (Wildman–Crippen LogP) is 2.86. The molecule has 0 radical (unpaired) electrons. The maximum Gasteiger partial charge on any atom is 0.177 e. The fraction of sp³-hybridized carbons (Fsp3) is 0.235. The van der Waals surface area contributed by atoms with Crippen LogP contribution < -0.4 is 5.32 Å². The third kappa shape index (κ3) is 1.77. The Morgan fingerprint density at radius 3 is 3.09 bits per heavy atom. The summed E-state index contributed by atoms with van der Waals surface area (Å²) in [6.07, 6.45) is 7.47. The zero-order valence-corrected chi connectivity index (χ0v) is 12.2. The minimum absolute atomic E-state index is 0.287. The summed E-state index contributed by atoms with van der Waals surface area (Å²) in [6, 6.07) is 8.40. The normalized spacial score (nSPS) is 19.8. The second-order valence-corrected chi connectivity index (χ2v) is 5.90. The molecule has 108 valence electrons. The molecule has 1 atom stereocenters. The van der Waals surface area contributed by atoms with Crippen molar-refractivity contribution in [2.24, 2.45) is 0 Å². The maximum atomic E-state index is 9.03. The first-order valence-corrected chi connectivity index (χ1v) is 7.29. The van der Waals surface area contributed by atoms with E-state index in [0.29, 0.717) is 0 Å². The summed E-state index contributed by atoms with van der Waals surface area (Å²) in [5, 5.41) is 13.0. The lowest BCUT2D eigenvalue weighted by atomic mass is 9.92. The van der Waals surface area contributed by atoms with E-state index in [1.54, 1.807) is 6.33 Å². The van der Waals surface area contributed by atoms with Crippen molar-refractivity contribution in [1.29, 1.82) is 5.26 Å². The smallest absolute Gasteiger partial charge is 0.177 e. The van der Waals surface area contributed by atoms with Crippen molar-refractivity contribution in [1.82, 2.24) is 20.3 Å². The average molecular weight is 289 g/mol. The number of nitrogens with one attached hydrogen (secondary N) is 2. The summed E-state index contributed by atoms with van der Waals surface area (Å²) in [5.74, 6) is 0. The van der Waals surface area contributed by atoms with Crippen LogP contribution in [0.3, 0.4) is 0 Å². The van der Waals surface area contributed by atoms with Crippen LogP contribution in [0.1, 0.15) is 24.5 Å². The molecular weight excluding hydrogens is 274 g/mol. The largest absolute Gasteiger partial charge is 0.346 e. The third-order valence-corrected chi connectivity index (χ3v) is 4.56. The van der Waals surface area contributed by atoms with Gasteiger partial charge in [-0.2, -0.15) is 5.26 Å². The molecule has 5 heteroatoms. The molecule has 3 aromatic rings. The molecule has 0 saturated heterocycles. The predicted molar refractivity (Wildman–Crippen MR) is 83.7 cm³/mol. The Labute approximate surface area is 128 Å². The molecule has 22 heavy (non-hydrogen) atoms. The van der Waals surface area contributed by atoms with Crippen LogP contribution >= 0.6 is 0 Å². The summed E-state index contributed by atoms with van der Waals surface area (Å²) < 4.78 is 0. The van der Waals surface area contributed by atoms with Gasteiger partial charge in [-0.3, -0.25) is 0 Å². The van der Waals surface area contributed by atoms with Gasteiger partial charge in [-0.05, 0) is 43.0 Å². The third-order valence-electron chi connectivity index (χ3n) is 4.56. The molecule has 0 spiro atoms. The van der Waals surface area contributed by atoms with E-state index in [2.05, 4.69) is 51.6 Å². The average Bonchev–Trinajstić information content (AvgIpc) is 3.12. The number of hydrogen-bond donors (Lipinski definition) is 2. The van der Waals surface area contributed by atoms with Gasteiger partial charge in [-0.15, -0.1) is 0 Å². The minimum atomic E-state index is -0.287. The molecule has 1 aliphatic carbocycles. The lowest BCUT2D eigenvalue weighted by molar-refractivity contribution is 0.423. The highest BCUT2D eigenvalue weighted by atomic mass is 15.0. The van der Waals surface area contributed by atoms with E-state index in [-0.39, 0.29) is 5.54 Å². The molecule has 2 aromatic heterocycles. The summed E-state index contributed by atoms with van der Waals surface area (Å²) in [5.41, 5.74) is 5.01. The fourth-order valence-electron chi connectivity index (χ4n) is 3.33. The Morgan fingerprint density at radius 2 is 2.23 bits per heavy atom. The number of nitriles is 1. The van der Waals surface area contributed by atoms with Crippen LogP contribution in [0.5, 0.6) is 0 Å².